The first-order chi connectivity index (χ1) is 13.1. The lowest BCUT2D eigenvalue weighted by Crippen LogP contribution is -2.23. The fraction of sp³-hybridized carbons (Fsp3) is 0.870. The minimum atomic E-state index is -0.919. The molecule has 0 bridgehead atoms. The SMILES string of the molecule is CCCCCCCCCC/C=C\CCCCCCC(CC(O)CO)C(=O)O. The summed E-state index contributed by atoms with van der Waals surface area (Å²) in [5.41, 5.74) is 0. The van der Waals surface area contributed by atoms with Crippen molar-refractivity contribution in [2.45, 2.75) is 116 Å². The Morgan fingerprint density at radius 2 is 1.30 bits per heavy atom. The van der Waals surface area contributed by atoms with Gasteiger partial charge in [-0.15, -0.1) is 0 Å². The average Bonchev–Trinajstić information content (AvgIpc) is 2.66. The summed E-state index contributed by atoms with van der Waals surface area (Å²) in [5, 5.41) is 27.4. The highest BCUT2D eigenvalue weighted by Crippen LogP contribution is 2.17. The van der Waals surface area contributed by atoms with E-state index < -0.39 is 18.0 Å². The van der Waals surface area contributed by atoms with Crippen molar-refractivity contribution in [2.24, 2.45) is 5.92 Å². The highest BCUT2D eigenvalue weighted by molar-refractivity contribution is 5.69. The van der Waals surface area contributed by atoms with E-state index >= 15 is 0 Å². The van der Waals surface area contributed by atoms with Crippen LogP contribution < -0.4 is 0 Å². The Morgan fingerprint density at radius 1 is 0.815 bits per heavy atom. The van der Waals surface area contributed by atoms with Crippen LogP contribution in [-0.2, 0) is 4.79 Å². The number of unbranched alkanes of at least 4 members (excludes halogenated alkanes) is 12. The van der Waals surface area contributed by atoms with Crippen molar-refractivity contribution in [2.75, 3.05) is 6.61 Å². The molecule has 0 radical (unpaired) electrons. The monoisotopic (exact) mass is 384 g/mol. The Bertz CT molecular complexity index is 354. The second-order valence-electron chi connectivity index (χ2n) is 7.83. The van der Waals surface area contributed by atoms with Crippen LogP contribution >= 0.6 is 0 Å². The van der Waals surface area contributed by atoms with Gasteiger partial charge in [0.15, 0.2) is 0 Å². The molecule has 0 fully saturated rings. The lowest BCUT2D eigenvalue weighted by molar-refractivity contribution is -0.143. The molecule has 0 heterocycles. The van der Waals surface area contributed by atoms with E-state index in [1.165, 1.54) is 57.8 Å². The van der Waals surface area contributed by atoms with Crippen LogP contribution in [0.5, 0.6) is 0 Å². The van der Waals surface area contributed by atoms with Crippen molar-refractivity contribution < 1.29 is 20.1 Å². The van der Waals surface area contributed by atoms with Gasteiger partial charge in [-0.1, -0.05) is 83.3 Å². The van der Waals surface area contributed by atoms with Gasteiger partial charge in [0, 0.05) is 0 Å². The van der Waals surface area contributed by atoms with Gasteiger partial charge < -0.3 is 15.3 Å². The summed E-state index contributed by atoms with van der Waals surface area (Å²) in [7, 11) is 0. The number of aliphatic carboxylic acids is 1. The molecule has 27 heavy (non-hydrogen) atoms. The standard InChI is InChI=1S/C23H44O4/c1-2-3-4-5-6-7-8-9-10-11-12-13-14-15-16-17-18-21(23(26)27)19-22(25)20-24/h11-12,21-22,24-25H,2-10,13-20H2,1H3,(H,26,27)/b12-11-. The molecule has 0 rings (SSSR count). The van der Waals surface area contributed by atoms with Crippen molar-refractivity contribution >= 4 is 5.97 Å². The third kappa shape index (κ3) is 18.3. The minimum Gasteiger partial charge on any atom is -0.481 e. The van der Waals surface area contributed by atoms with Gasteiger partial charge in [-0.05, 0) is 38.5 Å². The molecule has 0 aliphatic rings. The van der Waals surface area contributed by atoms with Crippen LogP contribution in [0.4, 0.5) is 0 Å². The Labute approximate surface area is 167 Å². The predicted molar refractivity (Wildman–Crippen MR) is 113 cm³/mol. The molecule has 0 aromatic carbocycles. The largest absolute Gasteiger partial charge is 0.481 e. The third-order valence-corrected chi connectivity index (χ3v) is 5.18. The summed E-state index contributed by atoms with van der Waals surface area (Å²) in [5.74, 6) is -1.41. The molecule has 0 saturated carbocycles. The minimum absolute atomic E-state index is 0.146. The van der Waals surface area contributed by atoms with Gasteiger partial charge in [0.2, 0.25) is 0 Å². The van der Waals surface area contributed by atoms with Gasteiger partial charge in [-0.2, -0.15) is 0 Å². The topological polar surface area (TPSA) is 77.8 Å². The van der Waals surface area contributed by atoms with Crippen LogP contribution in [0, 0.1) is 5.92 Å². The first-order valence-electron chi connectivity index (χ1n) is 11.3. The zero-order valence-electron chi connectivity index (χ0n) is 17.6. The molecule has 4 heteroatoms. The molecule has 0 saturated heterocycles. The van der Waals surface area contributed by atoms with E-state index in [4.69, 9.17) is 10.2 Å². The Kier molecular flexibility index (Phi) is 19.2. The quantitative estimate of drug-likeness (QED) is 0.181. The zero-order valence-corrected chi connectivity index (χ0v) is 17.6. The molecule has 0 aromatic heterocycles. The number of rotatable bonds is 20. The highest BCUT2D eigenvalue weighted by atomic mass is 16.4. The average molecular weight is 385 g/mol. The van der Waals surface area contributed by atoms with E-state index in [2.05, 4.69) is 19.1 Å². The molecule has 0 aromatic rings. The number of hydrogen-bond donors (Lipinski definition) is 3. The summed E-state index contributed by atoms with van der Waals surface area (Å²) >= 11 is 0. The van der Waals surface area contributed by atoms with Crippen LogP contribution in [0.15, 0.2) is 12.2 Å². The predicted octanol–water partition coefficient (Wildman–Crippen LogP) is 5.86. The Morgan fingerprint density at radius 3 is 1.78 bits per heavy atom. The van der Waals surface area contributed by atoms with E-state index in [1.54, 1.807) is 0 Å². The number of allylic oxidation sites excluding steroid dienone is 2. The van der Waals surface area contributed by atoms with Crippen LogP contribution in [0.1, 0.15) is 110 Å². The third-order valence-electron chi connectivity index (χ3n) is 5.18. The number of aliphatic hydroxyl groups is 2. The normalized spacial score (nSPS) is 13.9. The Balaban J connectivity index is 3.42. The molecule has 2 atom stereocenters. The van der Waals surface area contributed by atoms with E-state index in [0.717, 1.165) is 32.1 Å². The first-order valence-corrected chi connectivity index (χ1v) is 11.3. The van der Waals surface area contributed by atoms with E-state index in [9.17, 15) is 9.90 Å². The number of aliphatic hydroxyl groups excluding tert-OH is 2. The fourth-order valence-electron chi connectivity index (χ4n) is 3.38. The summed E-state index contributed by atoms with van der Waals surface area (Å²) in [4.78, 5) is 11.1. The lowest BCUT2D eigenvalue weighted by Gasteiger charge is -2.14. The summed E-state index contributed by atoms with van der Waals surface area (Å²) in [6.45, 7) is 1.89. The fourth-order valence-corrected chi connectivity index (χ4v) is 3.38. The molecule has 0 aliphatic carbocycles. The van der Waals surface area contributed by atoms with Gasteiger partial charge in [0.05, 0.1) is 18.6 Å². The van der Waals surface area contributed by atoms with E-state index in [1.807, 2.05) is 0 Å². The summed E-state index contributed by atoms with van der Waals surface area (Å²) < 4.78 is 0. The summed E-state index contributed by atoms with van der Waals surface area (Å²) in [6, 6.07) is 0. The highest BCUT2D eigenvalue weighted by Gasteiger charge is 2.20. The number of carboxylic acids is 1. The molecule has 2 unspecified atom stereocenters. The van der Waals surface area contributed by atoms with Crippen molar-refractivity contribution in [3.05, 3.63) is 12.2 Å². The molecular weight excluding hydrogens is 340 g/mol. The van der Waals surface area contributed by atoms with Crippen LogP contribution in [0.3, 0.4) is 0 Å². The van der Waals surface area contributed by atoms with E-state index in [-0.39, 0.29) is 13.0 Å². The second-order valence-corrected chi connectivity index (χ2v) is 7.83. The van der Waals surface area contributed by atoms with Crippen LogP contribution in [0.2, 0.25) is 0 Å². The summed E-state index contributed by atoms with van der Waals surface area (Å²) in [6.07, 6.45) is 21.9. The van der Waals surface area contributed by atoms with Crippen molar-refractivity contribution in [1.29, 1.82) is 0 Å². The van der Waals surface area contributed by atoms with Gasteiger partial charge >= 0.3 is 5.97 Å². The molecule has 0 aliphatic heterocycles. The second kappa shape index (κ2) is 19.9. The molecule has 0 amide bonds. The smallest absolute Gasteiger partial charge is 0.306 e. The van der Waals surface area contributed by atoms with Crippen molar-refractivity contribution in [1.82, 2.24) is 0 Å². The number of hydrogen-bond acceptors (Lipinski definition) is 3. The molecule has 0 spiro atoms. The maximum atomic E-state index is 11.1. The number of carboxylic acid groups (broad SMARTS) is 1. The van der Waals surface area contributed by atoms with Gasteiger partial charge in [-0.3, -0.25) is 4.79 Å². The lowest BCUT2D eigenvalue weighted by atomic mass is 9.95. The number of carbonyl (C=O) groups is 1. The molecule has 4 nitrogen and oxygen atoms in total. The molecular formula is C23H44O4. The Hall–Kier alpha value is -0.870. The molecule has 3 N–H and O–H groups in total. The van der Waals surface area contributed by atoms with Gasteiger partial charge in [0.25, 0.3) is 0 Å². The first kappa shape index (κ1) is 26.1. The maximum absolute atomic E-state index is 11.1. The van der Waals surface area contributed by atoms with Crippen molar-refractivity contribution in [3.8, 4) is 0 Å². The van der Waals surface area contributed by atoms with Crippen LogP contribution in [0.25, 0.3) is 0 Å². The van der Waals surface area contributed by atoms with Crippen molar-refractivity contribution in [3.63, 3.8) is 0 Å². The van der Waals surface area contributed by atoms with Crippen LogP contribution in [-0.4, -0.2) is 34.0 Å². The zero-order chi connectivity index (χ0) is 20.2. The van der Waals surface area contributed by atoms with Gasteiger partial charge in [0.1, 0.15) is 0 Å². The van der Waals surface area contributed by atoms with Gasteiger partial charge in [-0.25, -0.2) is 0 Å². The molecule has 160 valence electrons. The van der Waals surface area contributed by atoms with E-state index in [0.29, 0.717) is 6.42 Å². The maximum Gasteiger partial charge on any atom is 0.306 e.